The zero-order valence-corrected chi connectivity index (χ0v) is 14.9. The van der Waals surface area contributed by atoms with Gasteiger partial charge in [0.05, 0.1) is 11.5 Å². The van der Waals surface area contributed by atoms with E-state index in [1.165, 1.54) is 16.7 Å². The summed E-state index contributed by atoms with van der Waals surface area (Å²) < 4.78 is 0. The van der Waals surface area contributed by atoms with Crippen molar-refractivity contribution < 1.29 is 4.92 Å². The van der Waals surface area contributed by atoms with Gasteiger partial charge in [-0.1, -0.05) is 30.3 Å². The van der Waals surface area contributed by atoms with E-state index in [9.17, 15) is 10.1 Å². The Balaban J connectivity index is 1.44. The van der Waals surface area contributed by atoms with Crippen LogP contribution in [0.2, 0.25) is 0 Å². The minimum absolute atomic E-state index is 0.158. The molecule has 0 bridgehead atoms. The summed E-state index contributed by atoms with van der Waals surface area (Å²) in [6, 6.07) is 13.8. The predicted octanol–water partition coefficient (Wildman–Crippen LogP) is 3.78. The lowest BCUT2D eigenvalue weighted by Gasteiger charge is -2.28. The highest BCUT2D eigenvalue weighted by Gasteiger charge is 2.19. The normalized spacial score (nSPS) is 18.4. The van der Waals surface area contributed by atoms with Crippen LogP contribution in [-0.2, 0) is 19.4 Å². The van der Waals surface area contributed by atoms with Crippen LogP contribution in [0.3, 0.4) is 0 Å². The Morgan fingerprint density at radius 1 is 1.04 bits per heavy atom. The van der Waals surface area contributed by atoms with E-state index < -0.39 is 0 Å². The van der Waals surface area contributed by atoms with E-state index in [1.54, 1.807) is 12.1 Å². The Morgan fingerprint density at radius 3 is 2.73 bits per heavy atom. The molecule has 2 aliphatic rings. The number of nitrogens with zero attached hydrogens (tertiary/aromatic N) is 3. The van der Waals surface area contributed by atoms with E-state index >= 15 is 0 Å². The highest BCUT2D eigenvalue weighted by molar-refractivity contribution is 6.03. The van der Waals surface area contributed by atoms with Gasteiger partial charge in [0.15, 0.2) is 0 Å². The van der Waals surface area contributed by atoms with Crippen LogP contribution in [0.1, 0.15) is 35.1 Å². The van der Waals surface area contributed by atoms with E-state index in [-0.39, 0.29) is 10.6 Å². The number of hydrogen-bond donors (Lipinski definition) is 0. The van der Waals surface area contributed by atoms with Gasteiger partial charge in [-0.15, -0.1) is 0 Å². The summed E-state index contributed by atoms with van der Waals surface area (Å²) in [5, 5.41) is 11.1. The molecular formula is C21H23N3O2. The molecule has 2 aromatic rings. The number of benzene rings is 2. The van der Waals surface area contributed by atoms with Crippen molar-refractivity contribution >= 4 is 11.4 Å². The van der Waals surface area contributed by atoms with Crippen molar-refractivity contribution in [2.75, 3.05) is 19.6 Å². The SMILES string of the molecule is O=[N+]([O-])c1ccc2c(c1)/C(=N/CCN1CCc3ccccc3C1)CCC2. The molecule has 5 nitrogen and oxygen atoms in total. The van der Waals surface area contributed by atoms with Gasteiger partial charge in [-0.3, -0.25) is 20.0 Å². The molecule has 0 spiro atoms. The molecule has 1 aliphatic heterocycles. The van der Waals surface area contributed by atoms with Crippen LogP contribution in [0, 0.1) is 10.1 Å². The molecule has 5 heteroatoms. The molecule has 0 N–H and O–H groups in total. The Morgan fingerprint density at radius 2 is 1.88 bits per heavy atom. The molecule has 0 radical (unpaired) electrons. The van der Waals surface area contributed by atoms with Gasteiger partial charge >= 0.3 is 0 Å². The van der Waals surface area contributed by atoms with Crippen molar-refractivity contribution in [3.8, 4) is 0 Å². The molecule has 2 aromatic carbocycles. The topological polar surface area (TPSA) is 58.7 Å². The zero-order valence-electron chi connectivity index (χ0n) is 14.9. The largest absolute Gasteiger partial charge is 0.297 e. The summed E-state index contributed by atoms with van der Waals surface area (Å²) in [5.74, 6) is 0. The first-order chi connectivity index (χ1) is 12.7. The number of rotatable bonds is 4. The third-order valence-electron chi connectivity index (χ3n) is 5.40. The van der Waals surface area contributed by atoms with Crippen molar-refractivity contribution in [2.45, 2.75) is 32.2 Å². The third-order valence-corrected chi connectivity index (χ3v) is 5.40. The van der Waals surface area contributed by atoms with Crippen LogP contribution in [0.5, 0.6) is 0 Å². The van der Waals surface area contributed by atoms with Crippen molar-refractivity contribution in [1.82, 2.24) is 4.90 Å². The van der Waals surface area contributed by atoms with E-state index in [0.29, 0.717) is 0 Å². The van der Waals surface area contributed by atoms with Crippen LogP contribution < -0.4 is 0 Å². The Hall–Kier alpha value is -2.53. The lowest BCUT2D eigenvalue weighted by Crippen LogP contribution is -2.32. The number of nitro benzene ring substituents is 1. The molecule has 0 unspecified atom stereocenters. The monoisotopic (exact) mass is 349 g/mol. The maximum Gasteiger partial charge on any atom is 0.270 e. The summed E-state index contributed by atoms with van der Waals surface area (Å²) in [5.41, 5.74) is 6.24. The standard InChI is InChI=1S/C21H23N3O2/c25-24(26)19-9-8-17-6-3-7-21(20(17)14-19)22-11-13-23-12-10-16-4-1-2-5-18(16)15-23/h1-2,4-5,8-9,14H,3,6-7,10-13,15H2/b22-21+. The Labute approximate surface area is 153 Å². The fourth-order valence-electron chi connectivity index (χ4n) is 3.98. The number of aryl methyl sites for hydroxylation is 1. The lowest BCUT2D eigenvalue weighted by molar-refractivity contribution is -0.384. The number of non-ortho nitro benzene ring substituents is 1. The molecule has 0 atom stereocenters. The first kappa shape index (κ1) is 16.9. The molecule has 0 fully saturated rings. The van der Waals surface area contributed by atoms with Gasteiger partial charge in [0, 0.05) is 43.0 Å². The molecule has 1 aliphatic carbocycles. The zero-order chi connectivity index (χ0) is 17.9. The van der Waals surface area contributed by atoms with Gasteiger partial charge < -0.3 is 0 Å². The highest BCUT2D eigenvalue weighted by atomic mass is 16.6. The first-order valence-electron chi connectivity index (χ1n) is 9.31. The summed E-state index contributed by atoms with van der Waals surface area (Å²) in [6.45, 7) is 3.74. The highest BCUT2D eigenvalue weighted by Crippen LogP contribution is 2.26. The van der Waals surface area contributed by atoms with E-state index in [0.717, 1.165) is 63.1 Å². The number of nitro groups is 1. The smallest absolute Gasteiger partial charge is 0.270 e. The molecule has 4 rings (SSSR count). The van der Waals surface area contributed by atoms with Crippen LogP contribution >= 0.6 is 0 Å². The maximum atomic E-state index is 11.1. The van der Waals surface area contributed by atoms with Gasteiger partial charge in [-0.25, -0.2) is 0 Å². The van der Waals surface area contributed by atoms with Crippen LogP contribution in [0.15, 0.2) is 47.5 Å². The van der Waals surface area contributed by atoms with Gasteiger partial charge in [-0.2, -0.15) is 0 Å². The van der Waals surface area contributed by atoms with Gasteiger partial charge in [0.1, 0.15) is 0 Å². The maximum absolute atomic E-state index is 11.1. The summed E-state index contributed by atoms with van der Waals surface area (Å²) in [4.78, 5) is 18.0. The third kappa shape index (κ3) is 3.53. The first-order valence-corrected chi connectivity index (χ1v) is 9.31. The molecular weight excluding hydrogens is 326 g/mol. The molecule has 0 aromatic heterocycles. The van der Waals surface area contributed by atoms with Crippen LogP contribution in [0.4, 0.5) is 5.69 Å². The molecule has 0 saturated carbocycles. The minimum Gasteiger partial charge on any atom is -0.297 e. The number of aliphatic imine (C=N–C) groups is 1. The predicted molar refractivity (Wildman–Crippen MR) is 103 cm³/mol. The second-order valence-electron chi connectivity index (χ2n) is 7.08. The van der Waals surface area contributed by atoms with Crippen molar-refractivity contribution in [2.24, 2.45) is 4.99 Å². The van der Waals surface area contributed by atoms with Crippen LogP contribution in [-0.4, -0.2) is 35.2 Å². The number of hydrogen-bond acceptors (Lipinski definition) is 4. The van der Waals surface area contributed by atoms with E-state index in [1.807, 2.05) is 6.07 Å². The van der Waals surface area contributed by atoms with Gasteiger partial charge in [0.2, 0.25) is 0 Å². The van der Waals surface area contributed by atoms with Crippen molar-refractivity contribution in [3.63, 3.8) is 0 Å². The summed E-state index contributed by atoms with van der Waals surface area (Å²) in [6.07, 6.45) is 4.06. The molecule has 26 heavy (non-hydrogen) atoms. The molecule has 1 heterocycles. The second-order valence-corrected chi connectivity index (χ2v) is 7.08. The fourth-order valence-corrected chi connectivity index (χ4v) is 3.98. The summed E-state index contributed by atoms with van der Waals surface area (Å²) in [7, 11) is 0. The molecule has 0 saturated heterocycles. The fraction of sp³-hybridized carbons (Fsp3) is 0.381. The van der Waals surface area contributed by atoms with Crippen molar-refractivity contribution in [3.05, 3.63) is 74.8 Å². The van der Waals surface area contributed by atoms with E-state index in [4.69, 9.17) is 4.99 Å². The van der Waals surface area contributed by atoms with Crippen molar-refractivity contribution in [1.29, 1.82) is 0 Å². The molecule has 134 valence electrons. The Kier molecular flexibility index (Phi) is 4.80. The Bertz CT molecular complexity index is 860. The van der Waals surface area contributed by atoms with Gasteiger partial charge in [-0.05, 0) is 42.4 Å². The summed E-state index contributed by atoms with van der Waals surface area (Å²) >= 11 is 0. The quantitative estimate of drug-likeness (QED) is 0.623. The van der Waals surface area contributed by atoms with E-state index in [2.05, 4.69) is 29.2 Å². The van der Waals surface area contributed by atoms with Crippen LogP contribution in [0.25, 0.3) is 0 Å². The average Bonchev–Trinajstić information content (AvgIpc) is 2.67. The average molecular weight is 349 g/mol. The van der Waals surface area contributed by atoms with Gasteiger partial charge in [0.25, 0.3) is 5.69 Å². The second kappa shape index (κ2) is 7.38. The number of fused-ring (bicyclic) bond motifs is 2. The minimum atomic E-state index is -0.322. The molecule has 0 amide bonds. The lowest BCUT2D eigenvalue weighted by atomic mass is 9.89.